The Morgan fingerprint density at radius 2 is 1.79 bits per heavy atom. The van der Waals surface area contributed by atoms with Crippen LogP contribution in [0.3, 0.4) is 0 Å². The van der Waals surface area contributed by atoms with E-state index in [1.807, 2.05) is 31.2 Å². The molecule has 0 aliphatic heterocycles. The first kappa shape index (κ1) is 18.3. The zero-order valence-corrected chi connectivity index (χ0v) is 14.9. The summed E-state index contributed by atoms with van der Waals surface area (Å²) in [6.07, 6.45) is 0.482. The lowest BCUT2D eigenvalue weighted by Crippen LogP contribution is -2.35. The zero-order chi connectivity index (χ0) is 17.5. The fourth-order valence-corrected chi connectivity index (χ4v) is 3.57. The molecule has 1 aromatic heterocycles. The third-order valence-corrected chi connectivity index (χ3v) is 4.71. The number of nitrogens with zero attached hydrogens (tertiary/aromatic N) is 1. The Labute approximate surface area is 145 Å². The van der Waals surface area contributed by atoms with Crippen molar-refractivity contribution in [2.45, 2.75) is 37.6 Å². The molecule has 0 saturated heterocycles. The van der Waals surface area contributed by atoms with Gasteiger partial charge in [-0.15, -0.1) is 0 Å². The van der Waals surface area contributed by atoms with Crippen LogP contribution in [0.25, 0.3) is 11.0 Å². The fraction of sp³-hybridized carbons (Fsp3) is 0.471. The molecule has 2 unspecified atom stereocenters. The quantitative estimate of drug-likeness (QED) is 0.582. The summed E-state index contributed by atoms with van der Waals surface area (Å²) in [5.74, 6) is -1.40. The van der Waals surface area contributed by atoms with Crippen LogP contribution in [0.5, 0.6) is 0 Å². The summed E-state index contributed by atoms with van der Waals surface area (Å²) in [5.41, 5.74) is 1.69. The molecule has 0 aliphatic carbocycles. The number of hydrogen-bond acceptors (Lipinski definition) is 6. The number of thioether (sulfide) groups is 1. The normalized spacial score (nSPS) is 13.5. The van der Waals surface area contributed by atoms with Crippen LogP contribution in [0.4, 0.5) is 0 Å². The van der Waals surface area contributed by atoms with E-state index in [0.717, 1.165) is 11.0 Å². The second-order valence-electron chi connectivity index (χ2n) is 5.12. The number of aromatic nitrogens is 2. The molecule has 0 amide bonds. The number of ether oxygens (including phenoxy) is 2. The average Bonchev–Trinajstić information content (AvgIpc) is 2.97. The van der Waals surface area contributed by atoms with E-state index in [1.165, 1.54) is 11.8 Å². The third kappa shape index (κ3) is 4.29. The van der Waals surface area contributed by atoms with Gasteiger partial charge in [-0.3, -0.25) is 9.59 Å². The van der Waals surface area contributed by atoms with Gasteiger partial charge in [0.05, 0.1) is 30.2 Å². The van der Waals surface area contributed by atoms with Gasteiger partial charge >= 0.3 is 11.9 Å². The number of fused-ring (bicyclic) bond motifs is 1. The minimum absolute atomic E-state index is 0.259. The van der Waals surface area contributed by atoms with Crippen molar-refractivity contribution in [3.05, 3.63) is 24.3 Å². The first-order valence-electron chi connectivity index (χ1n) is 8.05. The Kier molecular flexibility index (Phi) is 6.66. The lowest BCUT2D eigenvalue weighted by molar-refractivity contribution is -0.154. The van der Waals surface area contributed by atoms with Gasteiger partial charge in [0.1, 0.15) is 5.25 Å². The molecule has 2 aromatic rings. The molecule has 0 radical (unpaired) electrons. The number of para-hydroxylation sites is 2. The van der Waals surface area contributed by atoms with Crippen LogP contribution in [0.2, 0.25) is 0 Å². The fourth-order valence-electron chi connectivity index (χ4n) is 2.38. The molecule has 2 rings (SSSR count). The summed E-state index contributed by atoms with van der Waals surface area (Å²) < 4.78 is 10.3. The number of nitrogens with one attached hydrogen (secondary N) is 1. The van der Waals surface area contributed by atoms with Crippen LogP contribution in [-0.2, 0) is 19.1 Å². The van der Waals surface area contributed by atoms with Crippen molar-refractivity contribution in [2.75, 3.05) is 13.2 Å². The van der Waals surface area contributed by atoms with E-state index in [1.54, 1.807) is 13.8 Å². The van der Waals surface area contributed by atoms with Crippen LogP contribution < -0.4 is 0 Å². The maximum atomic E-state index is 12.4. The molecule has 24 heavy (non-hydrogen) atoms. The summed E-state index contributed by atoms with van der Waals surface area (Å²) in [5, 5.41) is -0.119. The Morgan fingerprint density at radius 3 is 2.42 bits per heavy atom. The highest BCUT2D eigenvalue weighted by Crippen LogP contribution is 2.31. The molecular weight excluding hydrogens is 328 g/mol. The van der Waals surface area contributed by atoms with Crippen LogP contribution in [0, 0.1) is 5.92 Å². The minimum atomic E-state index is -0.699. The largest absolute Gasteiger partial charge is 0.466 e. The number of aromatic amines is 1. The molecule has 0 saturated carbocycles. The van der Waals surface area contributed by atoms with Crippen molar-refractivity contribution in [3.8, 4) is 0 Å². The second-order valence-corrected chi connectivity index (χ2v) is 6.25. The maximum absolute atomic E-state index is 12.4. The Balaban J connectivity index is 2.27. The van der Waals surface area contributed by atoms with E-state index < -0.39 is 17.1 Å². The van der Waals surface area contributed by atoms with Crippen molar-refractivity contribution in [2.24, 2.45) is 5.92 Å². The molecule has 0 spiro atoms. The van der Waals surface area contributed by atoms with E-state index in [4.69, 9.17) is 9.47 Å². The van der Waals surface area contributed by atoms with Crippen LogP contribution >= 0.6 is 11.8 Å². The second kappa shape index (κ2) is 8.73. The van der Waals surface area contributed by atoms with Crippen LogP contribution in [0.15, 0.2) is 29.4 Å². The van der Waals surface area contributed by atoms with Gasteiger partial charge in [0.25, 0.3) is 0 Å². The van der Waals surface area contributed by atoms with E-state index in [-0.39, 0.29) is 19.2 Å². The number of H-pyrrole nitrogens is 1. The van der Waals surface area contributed by atoms with Crippen molar-refractivity contribution in [3.63, 3.8) is 0 Å². The van der Waals surface area contributed by atoms with E-state index >= 15 is 0 Å². The van der Waals surface area contributed by atoms with E-state index in [9.17, 15) is 9.59 Å². The number of esters is 2. The standard InChI is InChI=1S/C17H22N2O4S/c1-4-11(15(20)22-5-2)14(16(21)23-6-3)24-17-18-12-9-7-8-10-13(12)19-17/h7-11,14H,4-6H2,1-3H3,(H,18,19). The lowest BCUT2D eigenvalue weighted by atomic mass is 10.0. The lowest BCUT2D eigenvalue weighted by Gasteiger charge is -2.21. The first-order valence-corrected chi connectivity index (χ1v) is 8.93. The summed E-state index contributed by atoms with van der Waals surface area (Å²) in [6.45, 7) is 5.88. The highest BCUT2D eigenvalue weighted by atomic mass is 32.2. The van der Waals surface area contributed by atoms with Crippen LogP contribution in [-0.4, -0.2) is 40.4 Å². The summed E-state index contributed by atoms with van der Waals surface area (Å²) in [7, 11) is 0. The molecule has 6 nitrogen and oxygen atoms in total. The number of carbonyl (C=O) groups excluding carboxylic acids is 2. The molecule has 1 N–H and O–H groups in total. The smallest absolute Gasteiger partial charge is 0.320 e. The van der Waals surface area contributed by atoms with Gasteiger partial charge in [0.15, 0.2) is 5.16 Å². The number of benzene rings is 1. The monoisotopic (exact) mass is 350 g/mol. The van der Waals surface area contributed by atoms with Gasteiger partial charge in [-0.25, -0.2) is 4.98 Å². The summed E-state index contributed by atoms with van der Waals surface area (Å²) in [6, 6.07) is 7.60. The molecular formula is C17H22N2O4S. The molecule has 1 heterocycles. The number of imidazole rings is 1. The zero-order valence-electron chi connectivity index (χ0n) is 14.1. The van der Waals surface area contributed by atoms with E-state index in [0.29, 0.717) is 11.6 Å². The summed E-state index contributed by atoms with van der Waals surface area (Å²) in [4.78, 5) is 32.2. The SMILES string of the molecule is CCOC(=O)C(CC)C(Sc1nc2ccccc2[nH]1)C(=O)OCC. The van der Waals surface area contributed by atoms with Gasteiger partial charge in [-0.2, -0.15) is 0 Å². The van der Waals surface area contributed by atoms with Crippen molar-refractivity contribution < 1.29 is 19.1 Å². The summed E-state index contributed by atoms with van der Waals surface area (Å²) >= 11 is 1.21. The molecule has 7 heteroatoms. The predicted molar refractivity (Wildman–Crippen MR) is 92.8 cm³/mol. The van der Waals surface area contributed by atoms with Crippen molar-refractivity contribution in [1.29, 1.82) is 0 Å². The molecule has 130 valence electrons. The molecule has 0 bridgehead atoms. The van der Waals surface area contributed by atoms with Gasteiger partial charge in [-0.05, 0) is 32.4 Å². The third-order valence-electron chi connectivity index (χ3n) is 3.52. The maximum Gasteiger partial charge on any atom is 0.320 e. The molecule has 2 atom stereocenters. The number of hydrogen-bond donors (Lipinski definition) is 1. The number of carbonyl (C=O) groups is 2. The molecule has 1 aromatic carbocycles. The Morgan fingerprint density at radius 1 is 1.12 bits per heavy atom. The highest BCUT2D eigenvalue weighted by Gasteiger charge is 2.36. The predicted octanol–water partition coefficient (Wildman–Crippen LogP) is 3.18. The van der Waals surface area contributed by atoms with Gasteiger partial charge in [0.2, 0.25) is 0 Å². The first-order chi connectivity index (χ1) is 11.6. The Hall–Kier alpha value is -2.02. The minimum Gasteiger partial charge on any atom is -0.466 e. The average molecular weight is 350 g/mol. The van der Waals surface area contributed by atoms with Gasteiger partial charge < -0.3 is 14.5 Å². The van der Waals surface area contributed by atoms with Crippen molar-refractivity contribution >= 4 is 34.7 Å². The van der Waals surface area contributed by atoms with Gasteiger partial charge in [0, 0.05) is 0 Å². The van der Waals surface area contributed by atoms with Crippen LogP contribution in [0.1, 0.15) is 27.2 Å². The van der Waals surface area contributed by atoms with Gasteiger partial charge in [-0.1, -0.05) is 30.8 Å². The molecule has 0 fully saturated rings. The number of rotatable bonds is 8. The molecule has 0 aliphatic rings. The van der Waals surface area contributed by atoms with E-state index in [2.05, 4.69) is 9.97 Å². The Bertz CT molecular complexity index is 668. The topological polar surface area (TPSA) is 81.3 Å². The van der Waals surface area contributed by atoms with Crippen molar-refractivity contribution in [1.82, 2.24) is 9.97 Å². The highest BCUT2D eigenvalue weighted by molar-refractivity contribution is 8.00.